The summed E-state index contributed by atoms with van der Waals surface area (Å²) in [6, 6.07) is 0. The maximum atomic E-state index is 10.5. The van der Waals surface area contributed by atoms with E-state index in [1.807, 2.05) is 0 Å². The Hall–Kier alpha value is -0.393. The predicted molar refractivity (Wildman–Crippen MR) is 43.1 cm³/mol. The predicted octanol–water partition coefficient (Wildman–Crippen LogP) is -1.40. The second-order valence-electron chi connectivity index (χ2n) is 2.32. The van der Waals surface area contributed by atoms with Crippen LogP contribution in [0.15, 0.2) is 0 Å². The summed E-state index contributed by atoms with van der Waals surface area (Å²) in [5, 5.41) is 8.80. The summed E-state index contributed by atoms with van der Waals surface area (Å²) in [6.45, 7) is 3.23. The topological polar surface area (TPSA) is 55.8 Å². The SMILES string of the molecule is CCOC([SiH3])(CO)OC(C)=O. The molecule has 5 heteroatoms. The molecule has 0 radical (unpaired) electrons. The molecule has 1 unspecified atom stereocenters. The van der Waals surface area contributed by atoms with Crippen LogP contribution in [0.25, 0.3) is 0 Å². The van der Waals surface area contributed by atoms with Crippen LogP contribution in [0, 0.1) is 0 Å². The van der Waals surface area contributed by atoms with Gasteiger partial charge in [-0.1, -0.05) is 0 Å². The normalized spacial score (nSPS) is 15.9. The number of carbonyl (C=O) groups is 1. The monoisotopic (exact) mass is 178 g/mol. The molecule has 1 atom stereocenters. The third-order valence-electron chi connectivity index (χ3n) is 1.10. The number of ether oxygens (including phenoxy) is 2. The Labute approximate surface area is 68.9 Å². The van der Waals surface area contributed by atoms with E-state index < -0.39 is 11.4 Å². The Bertz CT molecular complexity index is 139. The van der Waals surface area contributed by atoms with Crippen LogP contribution in [0.2, 0.25) is 0 Å². The molecular weight excluding hydrogens is 164 g/mol. The average molecular weight is 178 g/mol. The maximum absolute atomic E-state index is 10.5. The molecule has 0 saturated carbocycles. The number of carbonyl (C=O) groups excluding carboxylic acids is 1. The molecule has 0 aromatic carbocycles. The highest BCUT2D eigenvalue weighted by Crippen LogP contribution is 2.06. The van der Waals surface area contributed by atoms with Crippen molar-refractivity contribution in [1.82, 2.24) is 0 Å². The van der Waals surface area contributed by atoms with Crippen LogP contribution in [0.1, 0.15) is 13.8 Å². The second kappa shape index (κ2) is 4.48. The Kier molecular flexibility index (Phi) is 4.32. The van der Waals surface area contributed by atoms with Gasteiger partial charge in [-0.25, -0.2) is 0 Å². The van der Waals surface area contributed by atoms with E-state index in [1.165, 1.54) is 6.92 Å². The first-order chi connectivity index (χ1) is 5.04. The third-order valence-corrected chi connectivity index (χ3v) is 1.91. The van der Waals surface area contributed by atoms with Gasteiger partial charge in [0.2, 0.25) is 5.41 Å². The van der Waals surface area contributed by atoms with Crippen LogP contribution in [0.3, 0.4) is 0 Å². The number of aliphatic hydroxyl groups excluding tert-OH is 1. The van der Waals surface area contributed by atoms with Gasteiger partial charge in [0.25, 0.3) is 0 Å². The Balaban J connectivity index is 3.98. The zero-order valence-corrected chi connectivity index (χ0v) is 9.09. The molecule has 0 rings (SSSR count). The Morgan fingerprint density at radius 3 is 2.55 bits per heavy atom. The summed E-state index contributed by atoms with van der Waals surface area (Å²) >= 11 is 0. The lowest BCUT2D eigenvalue weighted by Crippen LogP contribution is -2.42. The zero-order valence-electron chi connectivity index (χ0n) is 7.09. The molecule has 0 aliphatic carbocycles. The molecule has 0 aromatic heterocycles. The molecule has 0 spiro atoms. The lowest BCUT2D eigenvalue weighted by Gasteiger charge is -2.26. The molecule has 0 aromatic rings. The lowest BCUT2D eigenvalue weighted by molar-refractivity contribution is -0.202. The minimum Gasteiger partial charge on any atom is -0.436 e. The minimum absolute atomic E-state index is 0.271. The van der Waals surface area contributed by atoms with Crippen molar-refractivity contribution in [2.45, 2.75) is 19.3 Å². The minimum atomic E-state index is -1.04. The van der Waals surface area contributed by atoms with Crippen molar-refractivity contribution in [3.05, 3.63) is 0 Å². The first-order valence-corrected chi connectivity index (χ1v) is 4.48. The van der Waals surface area contributed by atoms with Crippen molar-refractivity contribution in [1.29, 1.82) is 0 Å². The summed E-state index contributed by atoms with van der Waals surface area (Å²) in [5.41, 5.74) is -1.04. The molecule has 0 fully saturated rings. The third kappa shape index (κ3) is 4.13. The first-order valence-electron chi connectivity index (χ1n) is 3.48. The van der Waals surface area contributed by atoms with E-state index in [4.69, 9.17) is 14.6 Å². The van der Waals surface area contributed by atoms with Crippen molar-refractivity contribution < 1.29 is 19.4 Å². The standard InChI is InChI=1S/C6H14O4Si/c1-3-9-6(11,4-7)10-5(2)8/h7H,3-4H2,1-2,11H3. The highest BCUT2D eigenvalue weighted by molar-refractivity contribution is 6.14. The fraction of sp³-hybridized carbons (Fsp3) is 0.833. The van der Waals surface area contributed by atoms with Gasteiger partial charge in [-0.15, -0.1) is 0 Å². The molecule has 0 aliphatic rings. The van der Waals surface area contributed by atoms with Gasteiger partial charge in [-0.05, 0) is 6.92 Å². The molecule has 0 aliphatic heterocycles. The first kappa shape index (κ1) is 10.6. The quantitative estimate of drug-likeness (QED) is 0.327. The van der Waals surface area contributed by atoms with Gasteiger partial charge in [0.1, 0.15) is 6.61 Å². The fourth-order valence-corrected chi connectivity index (χ4v) is 1.29. The maximum Gasteiger partial charge on any atom is 0.304 e. The summed E-state index contributed by atoms with van der Waals surface area (Å²) in [7, 11) is 0.461. The van der Waals surface area contributed by atoms with E-state index in [-0.39, 0.29) is 6.61 Å². The molecule has 66 valence electrons. The number of hydrogen-bond donors (Lipinski definition) is 1. The Morgan fingerprint density at radius 2 is 2.27 bits per heavy atom. The molecule has 0 amide bonds. The molecular formula is C6H14O4Si. The zero-order chi connectivity index (χ0) is 8.91. The number of rotatable bonds is 4. The van der Waals surface area contributed by atoms with Crippen molar-refractivity contribution in [2.75, 3.05) is 13.2 Å². The van der Waals surface area contributed by atoms with Crippen LogP contribution in [-0.2, 0) is 14.3 Å². The van der Waals surface area contributed by atoms with Crippen LogP contribution in [0.4, 0.5) is 0 Å². The van der Waals surface area contributed by atoms with Crippen LogP contribution >= 0.6 is 0 Å². The largest absolute Gasteiger partial charge is 0.436 e. The van der Waals surface area contributed by atoms with Crippen LogP contribution in [-0.4, -0.2) is 39.9 Å². The summed E-state index contributed by atoms with van der Waals surface area (Å²) in [6.07, 6.45) is 0. The van der Waals surface area contributed by atoms with E-state index in [0.29, 0.717) is 16.8 Å². The number of esters is 1. The van der Waals surface area contributed by atoms with Gasteiger partial charge in [-0.3, -0.25) is 4.79 Å². The van der Waals surface area contributed by atoms with E-state index in [0.717, 1.165) is 0 Å². The van der Waals surface area contributed by atoms with Gasteiger partial charge in [-0.2, -0.15) is 0 Å². The van der Waals surface area contributed by atoms with Gasteiger partial charge in [0.05, 0.1) is 10.2 Å². The molecule has 0 bridgehead atoms. The van der Waals surface area contributed by atoms with Crippen molar-refractivity contribution in [3.63, 3.8) is 0 Å². The van der Waals surface area contributed by atoms with Gasteiger partial charge in [0, 0.05) is 13.5 Å². The van der Waals surface area contributed by atoms with Crippen LogP contribution in [0.5, 0.6) is 0 Å². The van der Waals surface area contributed by atoms with Gasteiger partial charge >= 0.3 is 5.97 Å². The van der Waals surface area contributed by atoms with E-state index in [9.17, 15) is 4.79 Å². The molecule has 1 N–H and O–H groups in total. The summed E-state index contributed by atoms with van der Waals surface area (Å²) in [5.74, 6) is -0.428. The molecule has 4 nitrogen and oxygen atoms in total. The summed E-state index contributed by atoms with van der Waals surface area (Å²) < 4.78 is 9.84. The van der Waals surface area contributed by atoms with Crippen LogP contribution < -0.4 is 0 Å². The van der Waals surface area contributed by atoms with Crippen molar-refractivity contribution >= 4 is 16.2 Å². The molecule has 0 saturated heterocycles. The van der Waals surface area contributed by atoms with Crippen molar-refractivity contribution in [3.8, 4) is 0 Å². The van der Waals surface area contributed by atoms with E-state index in [1.54, 1.807) is 6.92 Å². The van der Waals surface area contributed by atoms with Crippen molar-refractivity contribution in [2.24, 2.45) is 0 Å². The fourth-order valence-electron chi connectivity index (χ4n) is 0.717. The highest BCUT2D eigenvalue weighted by Gasteiger charge is 2.26. The summed E-state index contributed by atoms with van der Waals surface area (Å²) in [4.78, 5) is 10.5. The molecule has 0 heterocycles. The average Bonchev–Trinajstić information content (AvgIpc) is 1.87. The van der Waals surface area contributed by atoms with Gasteiger partial charge in [0.15, 0.2) is 0 Å². The van der Waals surface area contributed by atoms with Gasteiger partial charge < -0.3 is 14.6 Å². The number of hydrogen-bond acceptors (Lipinski definition) is 4. The van der Waals surface area contributed by atoms with E-state index >= 15 is 0 Å². The lowest BCUT2D eigenvalue weighted by atomic mass is 10.6. The smallest absolute Gasteiger partial charge is 0.304 e. The second-order valence-corrected chi connectivity index (χ2v) is 3.84. The molecule has 11 heavy (non-hydrogen) atoms. The highest BCUT2D eigenvalue weighted by atomic mass is 28.1. The Morgan fingerprint density at radius 1 is 1.73 bits per heavy atom. The number of aliphatic hydroxyl groups is 1. The van der Waals surface area contributed by atoms with E-state index in [2.05, 4.69) is 0 Å².